The summed E-state index contributed by atoms with van der Waals surface area (Å²) in [5.41, 5.74) is 1.89. The zero-order valence-corrected chi connectivity index (χ0v) is 15.9. The second-order valence-electron chi connectivity index (χ2n) is 4.69. The molecule has 0 bridgehead atoms. The van der Waals surface area contributed by atoms with E-state index in [2.05, 4.69) is 67.7 Å². The van der Waals surface area contributed by atoms with E-state index in [1.54, 1.807) is 6.20 Å². The molecule has 0 aliphatic carbocycles. The van der Waals surface area contributed by atoms with Gasteiger partial charge in [-0.05, 0) is 63.5 Å². The maximum Gasteiger partial charge on any atom is 0.180 e. The fourth-order valence-corrected chi connectivity index (χ4v) is 2.82. The topological polar surface area (TPSA) is 50.7 Å². The molecule has 0 unspecified atom stereocenters. The molecule has 0 aliphatic heterocycles. The summed E-state index contributed by atoms with van der Waals surface area (Å²) in [5.74, 6) is 1.60. The summed E-state index contributed by atoms with van der Waals surface area (Å²) in [6, 6.07) is 3.90. The van der Waals surface area contributed by atoms with Gasteiger partial charge in [-0.2, -0.15) is 0 Å². The van der Waals surface area contributed by atoms with Crippen LogP contribution < -0.4 is 5.32 Å². The quantitative estimate of drug-likeness (QED) is 0.636. The van der Waals surface area contributed by atoms with Crippen molar-refractivity contribution >= 4 is 44.3 Å². The molecule has 0 aromatic carbocycles. The molecule has 0 fully saturated rings. The Morgan fingerprint density at radius 3 is 2.62 bits per heavy atom. The van der Waals surface area contributed by atoms with Crippen LogP contribution in [0.1, 0.15) is 32.4 Å². The molecule has 2 heterocycles. The maximum absolute atomic E-state index is 4.69. The van der Waals surface area contributed by atoms with Gasteiger partial charge >= 0.3 is 0 Å². The lowest BCUT2D eigenvalue weighted by Gasteiger charge is -2.12. The summed E-state index contributed by atoms with van der Waals surface area (Å²) in [5, 5.41) is 3.39. The van der Waals surface area contributed by atoms with E-state index in [0.29, 0.717) is 5.82 Å². The molecule has 0 amide bonds. The van der Waals surface area contributed by atoms with Crippen molar-refractivity contribution in [2.24, 2.45) is 0 Å². The molecule has 0 spiro atoms. The van der Waals surface area contributed by atoms with Crippen LogP contribution in [0.15, 0.2) is 22.8 Å². The Labute approximate surface area is 147 Å². The van der Waals surface area contributed by atoms with Crippen LogP contribution in [0.25, 0.3) is 11.5 Å². The first-order valence-corrected chi connectivity index (χ1v) is 8.95. The predicted octanol–water partition coefficient (Wildman–Crippen LogP) is 4.68. The first-order chi connectivity index (χ1) is 10.2. The highest BCUT2D eigenvalue weighted by atomic mass is 127. The van der Waals surface area contributed by atoms with Crippen molar-refractivity contribution in [3.05, 3.63) is 32.1 Å². The van der Waals surface area contributed by atoms with Crippen LogP contribution in [0.3, 0.4) is 0 Å². The van der Waals surface area contributed by atoms with Gasteiger partial charge in [0.15, 0.2) is 5.82 Å². The number of rotatable bonds is 6. The Kier molecular flexibility index (Phi) is 6.35. The highest BCUT2D eigenvalue weighted by Crippen LogP contribution is 2.24. The summed E-state index contributed by atoms with van der Waals surface area (Å²) in [4.78, 5) is 13.7. The Morgan fingerprint density at radius 2 is 2.00 bits per heavy atom. The summed E-state index contributed by atoms with van der Waals surface area (Å²) >= 11 is 5.73. The SMILES string of the molecule is CCCNc1nc(-c2ccc(Br)cn2)nc(CCC)c1I. The van der Waals surface area contributed by atoms with Crippen LogP contribution >= 0.6 is 38.5 Å². The number of aromatic nitrogens is 3. The van der Waals surface area contributed by atoms with Crippen molar-refractivity contribution in [3.63, 3.8) is 0 Å². The molecule has 0 aliphatic rings. The molecule has 2 aromatic heterocycles. The van der Waals surface area contributed by atoms with Gasteiger partial charge in [0.25, 0.3) is 0 Å². The molecular formula is C15H18BrIN4. The monoisotopic (exact) mass is 460 g/mol. The number of hydrogen-bond acceptors (Lipinski definition) is 4. The van der Waals surface area contributed by atoms with Crippen LogP contribution in [-0.2, 0) is 6.42 Å². The maximum atomic E-state index is 4.69. The average Bonchev–Trinajstić information content (AvgIpc) is 2.49. The summed E-state index contributed by atoms with van der Waals surface area (Å²) < 4.78 is 2.07. The van der Waals surface area contributed by atoms with Gasteiger partial charge in [0.2, 0.25) is 0 Å². The van der Waals surface area contributed by atoms with E-state index in [4.69, 9.17) is 4.98 Å². The minimum Gasteiger partial charge on any atom is -0.369 e. The summed E-state index contributed by atoms with van der Waals surface area (Å²) in [6.45, 7) is 5.21. The van der Waals surface area contributed by atoms with E-state index >= 15 is 0 Å². The van der Waals surface area contributed by atoms with Gasteiger partial charge in [-0.1, -0.05) is 20.3 Å². The third-order valence-electron chi connectivity index (χ3n) is 2.91. The molecule has 0 saturated heterocycles. The number of pyridine rings is 1. The van der Waals surface area contributed by atoms with E-state index in [1.165, 1.54) is 0 Å². The fourth-order valence-electron chi connectivity index (χ4n) is 1.88. The summed E-state index contributed by atoms with van der Waals surface area (Å²) in [6.07, 6.45) is 4.85. The molecule has 0 atom stereocenters. The third kappa shape index (κ3) is 4.35. The van der Waals surface area contributed by atoms with Crippen molar-refractivity contribution in [3.8, 4) is 11.5 Å². The van der Waals surface area contributed by atoms with Crippen molar-refractivity contribution in [1.82, 2.24) is 15.0 Å². The van der Waals surface area contributed by atoms with Gasteiger partial charge in [0.1, 0.15) is 11.5 Å². The van der Waals surface area contributed by atoms with Crippen LogP contribution in [-0.4, -0.2) is 21.5 Å². The second kappa shape index (κ2) is 8.03. The average molecular weight is 461 g/mol. The van der Waals surface area contributed by atoms with Crippen molar-refractivity contribution in [1.29, 1.82) is 0 Å². The van der Waals surface area contributed by atoms with Gasteiger partial charge < -0.3 is 5.32 Å². The number of nitrogens with zero attached hydrogens (tertiary/aromatic N) is 3. The Balaban J connectivity index is 2.44. The minimum atomic E-state index is 0.685. The number of aryl methyl sites for hydroxylation is 1. The number of hydrogen-bond donors (Lipinski definition) is 1. The lowest BCUT2D eigenvalue weighted by molar-refractivity contribution is 0.862. The van der Waals surface area contributed by atoms with E-state index in [9.17, 15) is 0 Å². The molecule has 112 valence electrons. The Bertz CT molecular complexity index is 601. The molecule has 4 nitrogen and oxygen atoms in total. The Hall–Kier alpha value is -0.760. The van der Waals surface area contributed by atoms with Crippen molar-refractivity contribution in [2.45, 2.75) is 33.1 Å². The molecule has 0 saturated carbocycles. The highest BCUT2D eigenvalue weighted by Gasteiger charge is 2.13. The smallest absolute Gasteiger partial charge is 0.180 e. The van der Waals surface area contributed by atoms with E-state index in [-0.39, 0.29) is 0 Å². The Morgan fingerprint density at radius 1 is 1.19 bits per heavy atom. The first kappa shape index (κ1) is 16.6. The molecule has 21 heavy (non-hydrogen) atoms. The summed E-state index contributed by atoms with van der Waals surface area (Å²) in [7, 11) is 0. The zero-order chi connectivity index (χ0) is 15.2. The number of halogens is 2. The molecule has 2 aromatic rings. The standard InChI is InChI=1S/C15H18BrIN4/c1-3-5-11-13(17)15(18-8-4-2)21-14(20-11)12-7-6-10(16)9-19-12/h6-7,9H,3-5,8H2,1-2H3,(H,18,20,21). The third-order valence-corrected chi connectivity index (χ3v) is 4.51. The van der Waals surface area contributed by atoms with Crippen molar-refractivity contribution in [2.75, 3.05) is 11.9 Å². The van der Waals surface area contributed by atoms with Gasteiger partial charge in [0.05, 0.1) is 9.26 Å². The normalized spacial score (nSPS) is 10.7. The molecule has 6 heteroatoms. The zero-order valence-electron chi connectivity index (χ0n) is 12.2. The van der Waals surface area contributed by atoms with E-state index < -0.39 is 0 Å². The van der Waals surface area contributed by atoms with Gasteiger partial charge in [0, 0.05) is 17.2 Å². The fraction of sp³-hybridized carbons (Fsp3) is 0.400. The van der Waals surface area contributed by atoms with E-state index in [0.717, 1.165) is 51.1 Å². The largest absolute Gasteiger partial charge is 0.369 e. The van der Waals surface area contributed by atoms with E-state index in [1.807, 2.05) is 12.1 Å². The highest BCUT2D eigenvalue weighted by molar-refractivity contribution is 14.1. The van der Waals surface area contributed by atoms with Crippen LogP contribution in [0.2, 0.25) is 0 Å². The second-order valence-corrected chi connectivity index (χ2v) is 6.69. The van der Waals surface area contributed by atoms with Gasteiger partial charge in [-0.25, -0.2) is 9.97 Å². The lowest BCUT2D eigenvalue weighted by Crippen LogP contribution is -2.09. The van der Waals surface area contributed by atoms with Gasteiger partial charge in [-0.3, -0.25) is 4.98 Å². The van der Waals surface area contributed by atoms with Gasteiger partial charge in [-0.15, -0.1) is 0 Å². The first-order valence-electron chi connectivity index (χ1n) is 7.07. The lowest BCUT2D eigenvalue weighted by atomic mass is 10.2. The number of nitrogens with one attached hydrogen (secondary N) is 1. The number of anilines is 1. The molecule has 0 radical (unpaired) electrons. The van der Waals surface area contributed by atoms with Crippen LogP contribution in [0, 0.1) is 3.57 Å². The van der Waals surface area contributed by atoms with Crippen LogP contribution in [0.4, 0.5) is 5.82 Å². The molecular weight excluding hydrogens is 443 g/mol. The molecule has 1 N–H and O–H groups in total. The van der Waals surface area contributed by atoms with Crippen molar-refractivity contribution < 1.29 is 0 Å². The minimum absolute atomic E-state index is 0.685. The predicted molar refractivity (Wildman–Crippen MR) is 98.5 cm³/mol. The van der Waals surface area contributed by atoms with Crippen LogP contribution in [0.5, 0.6) is 0 Å². The molecule has 2 rings (SSSR count).